The molecule has 2 N–H and O–H groups in total. The maximum atomic E-state index is 13.5. The van der Waals surface area contributed by atoms with Crippen molar-refractivity contribution in [2.75, 3.05) is 0 Å². The molecule has 0 spiro atoms. The summed E-state index contributed by atoms with van der Waals surface area (Å²) in [5, 5.41) is 8.06. The molecule has 4 aromatic rings. The highest BCUT2D eigenvalue weighted by Crippen LogP contribution is 2.20. The van der Waals surface area contributed by atoms with Crippen LogP contribution in [0.15, 0.2) is 63.9 Å². The molecule has 2 aromatic heterocycles. The van der Waals surface area contributed by atoms with Crippen LogP contribution in [0.4, 0.5) is 8.78 Å². The van der Waals surface area contributed by atoms with Gasteiger partial charge < -0.3 is 10.3 Å². The molecule has 4 rings (SSSR count). The smallest absolute Gasteiger partial charge is 0.267 e. The molecule has 2 heterocycles. The average molecular weight is 423 g/mol. The molecule has 0 saturated carbocycles. The Bertz CT molecular complexity index is 1310. The van der Waals surface area contributed by atoms with Gasteiger partial charge in [-0.05, 0) is 29.8 Å². The Morgan fingerprint density at radius 1 is 1.03 bits per heavy atom. The first-order valence-corrected chi connectivity index (χ1v) is 9.12. The molecular weight excluding hydrogens is 408 g/mol. The molecule has 156 valence electrons. The second-order valence-corrected chi connectivity index (χ2v) is 6.73. The molecule has 0 saturated heterocycles. The van der Waals surface area contributed by atoms with E-state index in [2.05, 4.69) is 15.2 Å². The van der Waals surface area contributed by atoms with Crippen molar-refractivity contribution >= 4 is 5.91 Å². The third-order valence-corrected chi connectivity index (χ3v) is 4.34. The normalized spacial score (nSPS) is 10.9. The summed E-state index contributed by atoms with van der Waals surface area (Å²) >= 11 is 0. The SMILES string of the molecule is NC(=O)Cc1nc(-c2cccc(Cn3nc(-c4cc(F)cc(F)c4)ccc3=O)c2)no1. The minimum absolute atomic E-state index is 0.0980. The van der Waals surface area contributed by atoms with Gasteiger partial charge in [-0.25, -0.2) is 13.5 Å². The number of hydrogen-bond acceptors (Lipinski definition) is 6. The molecule has 0 aliphatic carbocycles. The zero-order valence-electron chi connectivity index (χ0n) is 16.0. The van der Waals surface area contributed by atoms with Crippen molar-refractivity contribution in [1.82, 2.24) is 19.9 Å². The van der Waals surface area contributed by atoms with Crippen molar-refractivity contribution in [3.63, 3.8) is 0 Å². The topological polar surface area (TPSA) is 117 Å². The Hall–Kier alpha value is -4.21. The number of nitrogens with zero attached hydrogens (tertiary/aromatic N) is 4. The molecule has 0 bridgehead atoms. The fraction of sp³-hybridized carbons (Fsp3) is 0.0952. The number of primary amides is 1. The van der Waals surface area contributed by atoms with E-state index < -0.39 is 17.5 Å². The summed E-state index contributed by atoms with van der Waals surface area (Å²) in [5.41, 5.74) is 6.52. The quantitative estimate of drug-likeness (QED) is 0.509. The summed E-state index contributed by atoms with van der Waals surface area (Å²) in [7, 11) is 0. The van der Waals surface area contributed by atoms with Crippen LogP contribution in [0, 0.1) is 11.6 Å². The third kappa shape index (κ3) is 4.69. The Balaban J connectivity index is 1.62. The molecule has 0 radical (unpaired) electrons. The molecule has 0 aliphatic heterocycles. The van der Waals surface area contributed by atoms with E-state index in [1.54, 1.807) is 24.3 Å². The van der Waals surface area contributed by atoms with E-state index in [1.807, 2.05) is 0 Å². The van der Waals surface area contributed by atoms with E-state index >= 15 is 0 Å². The van der Waals surface area contributed by atoms with E-state index in [-0.39, 0.29) is 41.5 Å². The fourth-order valence-corrected chi connectivity index (χ4v) is 2.99. The number of benzene rings is 2. The largest absolute Gasteiger partial charge is 0.369 e. The number of aromatic nitrogens is 4. The van der Waals surface area contributed by atoms with Gasteiger partial charge in [0, 0.05) is 23.3 Å². The molecule has 0 aliphatic rings. The number of carbonyl (C=O) groups excluding carboxylic acids is 1. The molecule has 0 fully saturated rings. The van der Waals surface area contributed by atoms with E-state index in [9.17, 15) is 18.4 Å². The first kappa shape index (κ1) is 20.1. The highest BCUT2D eigenvalue weighted by Gasteiger charge is 2.12. The van der Waals surface area contributed by atoms with Crippen LogP contribution in [-0.2, 0) is 17.8 Å². The Kier molecular flexibility index (Phi) is 5.35. The lowest BCUT2D eigenvalue weighted by Gasteiger charge is -2.08. The van der Waals surface area contributed by atoms with E-state index in [1.165, 1.54) is 16.8 Å². The Morgan fingerprint density at radius 2 is 1.81 bits per heavy atom. The zero-order valence-corrected chi connectivity index (χ0v) is 16.0. The van der Waals surface area contributed by atoms with Crippen LogP contribution in [0.5, 0.6) is 0 Å². The van der Waals surface area contributed by atoms with E-state index in [0.717, 1.165) is 18.2 Å². The zero-order chi connectivity index (χ0) is 22.0. The maximum absolute atomic E-state index is 13.5. The van der Waals surface area contributed by atoms with Crippen LogP contribution >= 0.6 is 0 Å². The van der Waals surface area contributed by atoms with Gasteiger partial charge in [0.05, 0.1) is 12.2 Å². The monoisotopic (exact) mass is 423 g/mol. The second-order valence-electron chi connectivity index (χ2n) is 6.73. The summed E-state index contributed by atoms with van der Waals surface area (Å²) in [6.45, 7) is 0.101. The summed E-state index contributed by atoms with van der Waals surface area (Å²) in [5.74, 6) is -1.70. The lowest BCUT2D eigenvalue weighted by molar-refractivity contribution is -0.117. The van der Waals surface area contributed by atoms with Crippen LogP contribution < -0.4 is 11.3 Å². The molecule has 31 heavy (non-hydrogen) atoms. The van der Waals surface area contributed by atoms with Gasteiger partial charge in [0.15, 0.2) is 0 Å². The summed E-state index contributed by atoms with van der Waals surface area (Å²) in [4.78, 5) is 27.4. The number of rotatable bonds is 6. The Morgan fingerprint density at radius 3 is 2.55 bits per heavy atom. The summed E-state index contributed by atoms with van der Waals surface area (Å²) in [6, 6.07) is 12.7. The van der Waals surface area contributed by atoms with Gasteiger partial charge in [0.25, 0.3) is 5.56 Å². The van der Waals surface area contributed by atoms with Crippen LogP contribution in [0.3, 0.4) is 0 Å². The number of hydrogen-bond donors (Lipinski definition) is 1. The number of amides is 1. The summed E-state index contributed by atoms with van der Waals surface area (Å²) in [6.07, 6.45) is -0.167. The van der Waals surface area contributed by atoms with Crippen molar-refractivity contribution in [2.45, 2.75) is 13.0 Å². The third-order valence-electron chi connectivity index (χ3n) is 4.34. The standard InChI is InChI=1S/C21H15F2N5O3/c22-15-7-14(8-16(23)9-15)17-4-5-20(30)28(26-17)11-12-2-1-3-13(6-12)21-25-19(31-27-21)10-18(24)29/h1-9H,10-11H2,(H2,24,29). The molecule has 0 unspecified atom stereocenters. The molecule has 8 nitrogen and oxygen atoms in total. The van der Waals surface area contributed by atoms with Gasteiger partial charge in [-0.15, -0.1) is 0 Å². The highest BCUT2D eigenvalue weighted by atomic mass is 19.1. The lowest BCUT2D eigenvalue weighted by atomic mass is 10.1. The minimum Gasteiger partial charge on any atom is -0.369 e. The van der Waals surface area contributed by atoms with Crippen molar-refractivity contribution in [1.29, 1.82) is 0 Å². The molecule has 1 amide bonds. The van der Waals surface area contributed by atoms with Gasteiger partial charge in [-0.3, -0.25) is 9.59 Å². The predicted octanol–water partition coefficient (Wildman–Crippen LogP) is 2.31. The van der Waals surface area contributed by atoms with Crippen LogP contribution in [0.1, 0.15) is 11.5 Å². The maximum Gasteiger partial charge on any atom is 0.267 e. The number of carbonyl (C=O) groups is 1. The Labute approximate surface area is 173 Å². The molecular formula is C21H15F2N5O3. The van der Waals surface area contributed by atoms with Crippen molar-refractivity contribution in [3.8, 4) is 22.6 Å². The van der Waals surface area contributed by atoms with E-state index in [0.29, 0.717) is 11.1 Å². The van der Waals surface area contributed by atoms with Gasteiger partial charge in [0.2, 0.25) is 17.6 Å². The lowest BCUT2D eigenvalue weighted by Crippen LogP contribution is -2.22. The second kappa shape index (κ2) is 8.27. The number of nitrogens with two attached hydrogens (primary N) is 1. The van der Waals surface area contributed by atoms with Crippen LogP contribution in [0.2, 0.25) is 0 Å². The van der Waals surface area contributed by atoms with Gasteiger partial charge >= 0.3 is 0 Å². The minimum atomic E-state index is -0.738. The fourth-order valence-electron chi connectivity index (χ4n) is 2.99. The summed E-state index contributed by atoms with van der Waals surface area (Å²) < 4.78 is 33.3. The molecule has 0 atom stereocenters. The highest BCUT2D eigenvalue weighted by molar-refractivity contribution is 5.75. The van der Waals surface area contributed by atoms with Crippen LogP contribution in [-0.4, -0.2) is 25.8 Å². The predicted molar refractivity (Wildman–Crippen MR) is 106 cm³/mol. The first-order valence-electron chi connectivity index (χ1n) is 9.12. The first-order chi connectivity index (χ1) is 14.9. The van der Waals surface area contributed by atoms with Gasteiger partial charge in [-0.2, -0.15) is 10.1 Å². The van der Waals surface area contributed by atoms with E-state index in [4.69, 9.17) is 10.3 Å². The van der Waals surface area contributed by atoms with Gasteiger partial charge in [0.1, 0.15) is 18.1 Å². The number of halogens is 2. The van der Waals surface area contributed by atoms with Gasteiger partial charge in [-0.1, -0.05) is 23.4 Å². The van der Waals surface area contributed by atoms with Crippen molar-refractivity contribution in [3.05, 3.63) is 88.0 Å². The van der Waals surface area contributed by atoms with Crippen LogP contribution in [0.25, 0.3) is 22.6 Å². The average Bonchev–Trinajstić information content (AvgIpc) is 3.17. The molecule has 10 heteroatoms. The van der Waals surface area contributed by atoms with Crippen molar-refractivity contribution in [2.24, 2.45) is 5.73 Å². The molecule has 2 aromatic carbocycles. The van der Waals surface area contributed by atoms with Crippen molar-refractivity contribution < 1.29 is 18.1 Å².